The molecule has 0 radical (unpaired) electrons. The molecule has 0 fully saturated rings. The van der Waals surface area contributed by atoms with Gasteiger partial charge in [-0.1, -0.05) is 36.4 Å². The zero-order valence-corrected chi connectivity index (χ0v) is 15.7. The van der Waals surface area contributed by atoms with Gasteiger partial charge >= 0.3 is 0 Å². The summed E-state index contributed by atoms with van der Waals surface area (Å²) < 4.78 is 0. The van der Waals surface area contributed by atoms with E-state index in [4.69, 9.17) is 0 Å². The van der Waals surface area contributed by atoms with Crippen molar-refractivity contribution < 1.29 is 4.79 Å². The molecule has 3 aromatic rings. The van der Waals surface area contributed by atoms with Gasteiger partial charge in [-0.15, -0.1) is 0 Å². The molecule has 2 heterocycles. The first kappa shape index (κ1) is 18.6. The standard InChI is InChI=1S/C22H24N4O/c1-17(2)26(16-18-8-4-3-5-9-18)22(27)21-12-11-20(15-25-21)24-14-19-10-6-7-13-23-19/h3-13,15,17,24H,14,16H2,1-2H3. The SMILES string of the molecule is CC(C)N(Cc1ccccc1)C(=O)c1ccc(NCc2ccccn2)cn1. The summed E-state index contributed by atoms with van der Waals surface area (Å²) in [5.41, 5.74) is 3.36. The fraction of sp³-hybridized carbons (Fsp3) is 0.227. The third kappa shape index (κ3) is 5.14. The average Bonchev–Trinajstić information content (AvgIpc) is 2.72. The topological polar surface area (TPSA) is 58.1 Å². The largest absolute Gasteiger partial charge is 0.378 e. The zero-order valence-electron chi connectivity index (χ0n) is 15.7. The normalized spacial score (nSPS) is 10.6. The molecule has 0 aliphatic rings. The summed E-state index contributed by atoms with van der Waals surface area (Å²) in [5.74, 6) is -0.0647. The lowest BCUT2D eigenvalue weighted by Gasteiger charge is -2.26. The molecule has 0 atom stereocenters. The van der Waals surface area contributed by atoms with E-state index in [1.807, 2.05) is 73.3 Å². The van der Waals surface area contributed by atoms with Crippen LogP contribution < -0.4 is 5.32 Å². The van der Waals surface area contributed by atoms with Crippen LogP contribution in [0.25, 0.3) is 0 Å². The van der Waals surface area contributed by atoms with Crippen LogP contribution >= 0.6 is 0 Å². The summed E-state index contributed by atoms with van der Waals surface area (Å²) in [6, 6.07) is 19.5. The van der Waals surface area contributed by atoms with Crippen LogP contribution in [0.4, 0.5) is 5.69 Å². The predicted molar refractivity (Wildman–Crippen MR) is 107 cm³/mol. The number of carbonyl (C=O) groups excluding carboxylic acids is 1. The first-order chi connectivity index (χ1) is 13.1. The van der Waals surface area contributed by atoms with E-state index < -0.39 is 0 Å². The molecular formula is C22H24N4O. The highest BCUT2D eigenvalue weighted by atomic mass is 16.2. The van der Waals surface area contributed by atoms with Crippen LogP contribution in [0.15, 0.2) is 73.1 Å². The molecule has 5 heteroatoms. The van der Waals surface area contributed by atoms with Crippen molar-refractivity contribution in [3.8, 4) is 0 Å². The van der Waals surface area contributed by atoms with Crippen LogP contribution in [-0.2, 0) is 13.1 Å². The summed E-state index contributed by atoms with van der Waals surface area (Å²) in [6.07, 6.45) is 3.46. The number of rotatable bonds is 7. The molecule has 0 aliphatic carbocycles. The van der Waals surface area contributed by atoms with Crippen LogP contribution in [-0.4, -0.2) is 26.8 Å². The number of hydrogen-bond acceptors (Lipinski definition) is 4. The van der Waals surface area contributed by atoms with Gasteiger partial charge in [0, 0.05) is 18.8 Å². The van der Waals surface area contributed by atoms with Crippen molar-refractivity contribution in [1.29, 1.82) is 0 Å². The second-order valence-electron chi connectivity index (χ2n) is 6.62. The van der Waals surface area contributed by atoms with Crippen LogP contribution in [0, 0.1) is 0 Å². The van der Waals surface area contributed by atoms with Crippen LogP contribution in [0.2, 0.25) is 0 Å². The number of hydrogen-bond donors (Lipinski definition) is 1. The number of anilines is 1. The maximum atomic E-state index is 12.9. The summed E-state index contributed by atoms with van der Waals surface area (Å²) in [4.78, 5) is 23.4. The van der Waals surface area contributed by atoms with Gasteiger partial charge in [0.05, 0.1) is 24.1 Å². The van der Waals surface area contributed by atoms with E-state index in [1.165, 1.54) is 0 Å². The molecule has 5 nitrogen and oxygen atoms in total. The van der Waals surface area contributed by atoms with E-state index >= 15 is 0 Å². The van der Waals surface area contributed by atoms with Crippen molar-refractivity contribution in [3.63, 3.8) is 0 Å². The number of nitrogens with one attached hydrogen (secondary N) is 1. The first-order valence-electron chi connectivity index (χ1n) is 9.08. The molecule has 0 spiro atoms. The lowest BCUT2D eigenvalue weighted by Crippen LogP contribution is -2.36. The number of carbonyl (C=O) groups is 1. The smallest absolute Gasteiger partial charge is 0.272 e. The fourth-order valence-electron chi connectivity index (χ4n) is 2.74. The Morgan fingerprint density at radius 3 is 2.41 bits per heavy atom. The average molecular weight is 360 g/mol. The minimum Gasteiger partial charge on any atom is -0.378 e. The van der Waals surface area contributed by atoms with Crippen molar-refractivity contribution in [2.45, 2.75) is 33.0 Å². The molecule has 0 saturated carbocycles. The van der Waals surface area contributed by atoms with Gasteiger partial charge in [-0.2, -0.15) is 0 Å². The molecule has 1 N–H and O–H groups in total. The lowest BCUT2D eigenvalue weighted by molar-refractivity contribution is 0.0684. The number of pyridine rings is 2. The Kier molecular flexibility index (Phi) is 6.15. The monoisotopic (exact) mass is 360 g/mol. The van der Waals surface area contributed by atoms with E-state index in [0.29, 0.717) is 18.8 Å². The van der Waals surface area contributed by atoms with Crippen molar-refractivity contribution >= 4 is 11.6 Å². The predicted octanol–water partition coefficient (Wildman–Crippen LogP) is 4.14. The van der Waals surface area contributed by atoms with Gasteiger partial charge in [0.2, 0.25) is 0 Å². The summed E-state index contributed by atoms with van der Waals surface area (Å²) in [6.45, 7) is 5.22. The van der Waals surface area contributed by atoms with Crippen molar-refractivity contribution in [3.05, 3.63) is 90.0 Å². The van der Waals surface area contributed by atoms with Crippen LogP contribution in [0.3, 0.4) is 0 Å². The minimum absolute atomic E-state index is 0.0647. The highest BCUT2D eigenvalue weighted by Gasteiger charge is 2.20. The van der Waals surface area contributed by atoms with Crippen LogP contribution in [0.1, 0.15) is 35.6 Å². The molecular weight excluding hydrogens is 336 g/mol. The Labute approximate surface area is 160 Å². The van der Waals surface area contributed by atoms with Gasteiger partial charge in [-0.25, -0.2) is 4.98 Å². The van der Waals surface area contributed by atoms with Gasteiger partial charge in [0.1, 0.15) is 5.69 Å². The molecule has 1 amide bonds. The molecule has 0 aliphatic heterocycles. The van der Waals surface area contributed by atoms with Crippen molar-refractivity contribution in [2.24, 2.45) is 0 Å². The molecule has 2 aromatic heterocycles. The molecule has 1 aromatic carbocycles. The van der Waals surface area contributed by atoms with E-state index in [0.717, 1.165) is 16.9 Å². The van der Waals surface area contributed by atoms with E-state index in [-0.39, 0.29) is 11.9 Å². The molecule has 0 saturated heterocycles. The highest BCUT2D eigenvalue weighted by molar-refractivity contribution is 5.92. The summed E-state index contributed by atoms with van der Waals surface area (Å²) in [5, 5.41) is 3.27. The maximum Gasteiger partial charge on any atom is 0.272 e. The van der Waals surface area contributed by atoms with Gasteiger partial charge < -0.3 is 10.2 Å². The Morgan fingerprint density at radius 2 is 1.78 bits per heavy atom. The Balaban J connectivity index is 1.66. The number of nitrogens with zero attached hydrogens (tertiary/aromatic N) is 3. The molecule has 0 bridgehead atoms. The second kappa shape index (κ2) is 8.94. The zero-order chi connectivity index (χ0) is 19.1. The molecule has 138 valence electrons. The first-order valence-corrected chi connectivity index (χ1v) is 9.08. The molecule has 0 unspecified atom stereocenters. The Morgan fingerprint density at radius 1 is 1.00 bits per heavy atom. The van der Waals surface area contributed by atoms with Crippen molar-refractivity contribution in [1.82, 2.24) is 14.9 Å². The van der Waals surface area contributed by atoms with Gasteiger partial charge in [-0.3, -0.25) is 9.78 Å². The maximum absolute atomic E-state index is 12.9. The van der Waals surface area contributed by atoms with E-state index in [2.05, 4.69) is 15.3 Å². The molecule has 27 heavy (non-hydrogen) atoms. The van der Waals surface area contributed by atoms with Crippen LogP contribution in [0.5, 0.6) is 0 Å². The second-order valence-corrected chi connectivity index (χ2v) is 6.62. The molecule has 3 rings (SSSR count). The third-order valence-corrected chi connectivity index (χ3v) is 4.26. The fourth-order valence-corrected chi connectivity index (χ4v) is 2.74. The van der Waals surface area contributed by atoms with E-state index in [1.54, 1.807) is 18.5 Å². The Bertz CT molecular complexity index is 849. The Hall–Kier alpha value is -3.21. The van der Waals surface area contributed by atoms with E-state index in [9.17, 15) is 4.79 Å². The number of benzene rings is 1. The van der Waals surface area contributed by atoms with Gasteiger partial charge in [0.15, 0.2) is 0 Å². The summed E-state index contributed by atoms with van der Waals surface area (Å²) >= 11 is 0. The third-order valence-electron chi connectivity index (χ3n) is 4.26. The van der Waals surface area contributed by atoms with Crippen molar-refractivity contribution in [2.75, 3.05) is 5.32 Å². The number of amides is 1. The highest BCUT2D eigenvalue weighted by Crippen LogP contribution is 2.14. The van der Waals surface area contributed by atoms with Gasteiger partial charge in [0.25, 0.3) is 5.91 Å². The minimum atomic E-state index is -0.0647. The van der Waals surface area contributed by atoms with Gasteiger partial charge in [-0.05, 0) is 43.7 Å². The number of aromatic nitrogens is 2. The lowest BCUT2D eigenvalue weighted by atomic mass is 10.1. The summed E-state index contributed by atoms with van der Waals surface area (Å²) in [7, 11) is 0. The quantitative estimate of drug-likeness (QED) is 0.688.